The van der Waals surface area contributed by atoms with Crippen LogP contribution in [0.4, 0.5) is 13.2 Å². The SMILES string of the molecule is Cc1ncccc1Oc1ccc(C(F)(F)F)cc1. The number of nitrogens with zero attached hydrogens (tertiary/aromatic N) is 1. The first-order valence-electron chi connectivity index (χ1n) is 5.23. The summed E-state index contributed by atoms with van der Waals surface area (Å²) in [5, 5.41) is 0. The fourth-order valence-electron chi connectivity index (χ4n) is 1.42. The predicted molar refractivity (Wildman–Crippen MR) is 60.5 cm³/mol. The van der Waals surface area contributed by atoms with Gasteiger partial charge in [-0.1, -0.05) is 0 Å². The number of rotatable bonds is 2. The van der Waals surface area contributed by atoms with Gasteiger partial charge in [-0.2, -0.15) is 13.2 Å². The van der Waals surface area contributed by atoms with E-state index in [0.717, 1.165) is 12.1 Å². The number of halogens is 3. The standard InChI is InChI=1S/C13H10F3NO/c1-9-12(3-2-8-17-9)18-11-6-4-10(5-7-11)13(14,15)16/h2-8H,1H3. The van der Waals surface area contributed by atoms with Gasteiger partial charge in [0.1, 0.15) is 11.5 Å². The third-order valence-corrected chi connectivity index (χ3v) is 2.37. The van der Waals surface area contributed by atoms with Gasteiger partial charge in [0.05, 0.1) is 11.3 Å². The van der Waals surface area contributed by atoms with E-state index in [1.165, 1.54) is 12.1 Å². The molecule has 0 fully saturated rings. The number of benzene rings is 1. The Morgan fingerprint density at radius 1 is 1.06 bits per heavy atom. The molecule has 0 aliphatic carbocycles. The summed E-state index contributed by atoms with van der Waals surface area (Å²) in [5.41, 5.74) is -0.0184. The summed E-state index contributed by atoms with van der Waals surface area (Å²) in [6.07, 6.45) is -2.71. The maximum absolute atomic E-state index is 12.4. The fourth-order valence-corrected chi connectivity index (χ4v) is 1.42. The van der Waals surface area contributed by atoms with Crippen molar-refractivity contribution in [2.45, 2.75) is 13.1 Å². The average Bonchev–Trinajstić information content (AvgIpc) is 2.32. The van der Waals surface area contributed by atoms with Gasteiger partial charge in [0, 0.05) is 6.20 Å². The highest BCUT2D eigenvalue weighted by atomic mass is 19.4. The molecule has 0 atom stereocenters. The Balaban J connectivity index is 2.19. The third-order valence-electron chi connectivity index (χ3n) is 2.37. The highest BCUT2D eigenvalue weighted by Crippen LogP contribution is 2.31. The van der Waals surface area contributed by atoms with Crippen molar-refractivity contribution in [3.05, 3.63) is 53.9 Å². The number of ether oxygens (including phenoxy) is 1. The van der Waals surface area contributed by atoms with Crippen molar-refractivity contribution < 1.29 is 17.9 Å². The molecule has 0 saturated heterocycles. The van der Waals surface area contributed by atoms with Gasteiger partial charge in [0.15, 0.2) is 0 Å². The molecule has 0 saturated carbocycles. The lowest BCUT2D eigenvalue weighted by Crippen LogP contribution is -2.04. The van der Waals surface area contributed by atoms with Gasteiger partial charge in [-0.3, -0.25) is 4.98 Å². The number of hydrogen-bond acceptors (Lipinski definition) is 2. The topological polar surface area (TPSA) is 22.1 Å². The van der Waals surface area contributed by atoms with Gasteiger partial charge in [-0.15, -0.1) is 0 Å². The van der Waals surface area contributed by atoms with Gasteiger partial charge >= 0.3 is 6.18 Å². The summed E-state index contributed by atoms with van der Waals surface area (Å²) in [6.45, 7) is 1.76. The molecule has 5 heteroatoms. The van der Waals surface area contributed by atoms with Crippen LogP contribution in [0.25, 0.3) is 0 Å². The molecule has 0 spiro atoms. The van der Waals surface area contributed by atoms with E-state index in [0.29, 0.717) is 17.2 Å². The lowest BCUT2D eigenvalue weighted by atomic mass is 10.2. The Morgan fingerprint density at radius 2 is 1.72 bits per heavy atom. The van der Waals surface area contributed by atoms with Crippen molar-refractivity contribution in [3.63, 3.8) is 0 Å². The highest BCUT2D eigenvalue weighted by Gasteiger charge is 2.30. The molecular weight excluding hydrogens is 243 g/mol. The van der Waals surface area contributed by atoms with Crippen LogP contribution in [0, 0.1) is 6.92 Å². The predicted octanol–water partition coefficient (Wildman–Crippen LogP) is 4.20. The van der Waals surface area contributed by atoms with Crippen LogP contribution in [0.5, 0.6) is 11.5 Å². The first-order chi connectivity index (χ1) is 8.47. The van der Waals surface area contributed by atoms with Gasteiger partial charge < -0.3 is 4.74 Å². The van der Waals surface area contributed by atoms with Gasteiger partial charge in [-0.25, -0.2) is 0 Å². The Bertz CT molecular complexity index is 535. The lowest BCUT2D eigenvalue weighted by Gasteiger charge is -2.09. The first-order valence-corrected chi connectivity index (χ1v) is 5.23. The molecule has 1 heterocycles. The fraction of sp³-hybridized carbons (Fsp3) is 0.154. The molecular formula is C13H10F3NO. The summed E-state index contributed by atoms with van der Waals surface area (Å²) in [6, 6.07) is 7.96. The van der Waals surface area contributed by atoms with E-state index in [4.69, 9.17) is 4.74 Å². The van der Waals surface area contributed by atoms with Crippen LogP contribution in [0.2, 0.25) is 0 Å². The van der Waals surface area contributed by atoms with E-state index in [9.17, 15) is 13.2 Å². The second-order valence-electron chi connectivity index (χ2n) is 3.71. The van der Waals surface area contributed by atoms with Gasteiger partial charge in [0.2, 0.25) is 0 Å². The van der Waals surface area contributed by atoms with Crippen molar-refractivity contribution in [1.29, 1.82) is 0 Å². The Hall–Kier alpha value is -2.04. The minimum absolute atomic E-state index is 0.346. The molecule has 2 nitrogen and oxygen atoms in total. The zero-order chi connectivity index (χ0) is 13.2. The molecule has 0 radical (unpaired) electrons. The van der Waals surface area contributed by atoms with Crippen LogP contribution in [-0.4, -0.2) is 4.98 Å². The molecule has 0 bridgehead atoms. The zero-order valence-corrected chi connectivity index (χ0v) is 9.53. The average molecular weight is 253 g/mol. The highest BCUT2D eigenvalue weighted by molar-refractivity contribution is 5.35. The third kappa shape index (κ3) is 2.80. The van der Waals surface area contributed by atoms with Crippen LogP contribution in [-0.2, 0) is 6.18 Å². The van der Waals surface area contributed by atoms with E-state index in [-0.39, 0.29) is 0 Å². The molecule has 0 amide bonds. The molecule has 1 aromatic heterocycles. The van der Waals surface area contributed by atoms with Crippen molar-refractivity contribution in [2.24, 2.45) is 0 Å². The van der Waals surface area contributed by atoms with Crippen molar-refractivity contribution in [3.8, 4) is 11.5 Å². The zero-order valence-electron chi connectivity index (χ0n) is 9.53. The summed E-state index contributed by atoms with van der Waals surface area (Å²) >= 11 is 0. The molecule has 1 aromatic carbocycles. The second kappa shape index (κ2) is 4.68. The van der Waals surface area contributed by atoms with Crippen LogP contribution < -0.4 is 4.74 Å². The molecule has 18 heavy (non-hydrogen) atoms. The summed E-state index contributed by atoms with van der Waals surface area (Å²) in [5.74, 6) is 0.872. The number of aryl methyl sites for hydroxylation is 1. The van der Waals surface area contributed by atoms with Crippen LogP contribution in [0.3, 0.4) is 0 Å². The number of hydrogen-bond donors (Lipinski definition) is 0. The molecule has 0 aliphatic rings. The van der Waals surface area contributed by atoms with Crippen molar-refractivity contribution >= 4 is 0 Å². The van der Waals surface area contributed by atoms with Crippen molar-refractivity contribution in [2.75, 3.05) is 0 Å². The Morgan fingerprint density at radius 3 is 2.28 bits per heavy atom. The first kappa shape index (κ1) is 12.4. The molecule has 2 aromatic rings. The van der Waals surface area contributed by atoms with E-state index in [1.807, 2.05) is 0 Å². The normalized spacial score (nSPS) is 11.3. The molecule has 0 unspecified atom stereocenters. The van der Waals surface area contributed by atoms with E-state index >= 15 is 0 Å². The maximum Gasteiger partial charge on any atom is 0.416 e. The summed E-state index contributed by atoms with van der Waals surface area (Å²) in [4.78, 5) is 4.03. The van der Waals surface area contributed by atoms with Crippen LogP contribution in [0.1, 0.15) is 11.3 Å². The van der Waals surface area contributed by atoms with E-state index in [2.05, 4.69) is 4.98 Å². The number of aromatic nitrogens is 1. The minimum atomic E-state index is -4.33. The molecule has 2 rings (SSSR count). The van der Waals surface area contributed by atoms with Crippen molar-refractivity contribution in [1.82, 2.24) is 4.98 Å². The molecule has 0 N–H and O–H groups in total. The number of alkyl halides is 3. The minimum Gasteiger partial charge on any atom is -0.455 e. The second-order valence-corrected chi connectivity index (χ2v) is 3.71. The molecule has 0 aliphatic heterocycles. The Kier molecular flexibility index (Phi) is 3.23. The van der Waals surface area contributed by atoms with Crippen LogP contribution >= 0.6 is 0 Å². The summed E-state index contributed by atoms with van der Waals surface area (Å²) in [7, 11) is 0. The lowest BCUT2D eigenvalue weighted by molar-refractivity contribution is -0.137. The molecule has 94 valence electrons. The largest absolute Gasteiger partial charge is 0.455 e. The summed E-state index contributed by atoms with van der Waals surface area (Å²) < 4.78 is 42.5. The van der Waals surface area contributed by atoms with E-state index < -0.39 is 11.7 Å². The Labute approximate surface area is 102 Å². The van der Waals surface area contributed by atoms with Gasteiger partial charge in [-0.05, 0) is 43.3 Å². The van der Waals surface area contributed by atoms with Crippen LogP contribution in [0.15, 0.2) is 42.6 Å². The maximum atomic E-state index is 12.4. The smallest absolute Gasteiger partial charge is 0.416 e. The van der Waals surface area contributed by atoms with Gasteiger partial charge in [0.25, 0.3) is 0 Å². The quantitative estimate of drug-likeness (QED) is 0.800. The monoisotopic (exact) mass is 253 g/mol. The number of pyridine rings is 1. The van der Waals surface area contributed by atoms with E-state index in [1.54, 1.807) is 25.3 Å².